The standard InChI is InChI=1S/C27H28F3NO4/c1-14-24-20(19-9-10-23(32)25(33)21(19)12-22(24)26(34)35-14)8-7-18-6-5-16(13-31-18)15-3-2-4-17(11-15)27(28,29)30/h2-8,11,13-14,19-25,32-33H,9-10,12H2,1H3/t14-,19?,20+,21?,22?,23?,24?,25?/m1/s1. The Bertz CT molecular complexity index is 1120. The van der Waals surface area contributed by atoms with E-state index in [0.29, 0.717) is 29.7 Å². The molecule has 0 bridgehead atoms. The van der Waals surface area contributed by atoms with E-state index in [0.717, 1.165) is 18.6 Å². The van der Waals surface area contributed by atoms with Crippen molar-refractivity contribution in [1.82, 2.24) is 4.98 Å². The van der Waals surface area contributed by atoms with E-state index in [-0.39, 0.29) is 41.7 Å². The first-order valence-corrected chi connectivity index (χ1v) is 12.0. The maximum absolute atomic E-state index is 13.0. The Labute approximate surface area is 201 Å². The zero-order valence-electron chi connectivity index (χ0n) is 19.2. The van der Waals surface area contributed by atoms with Crippen LogP contribution in [0.3, 0.4) is 0 Å². The van der Waals surface area contributed by atoms with E-state index in [2.05, 4.69) is 4.98 Å². The number of fused-ring (bicyclic) bond motifs is 2. The van der Waals surface area contributed by atoms with Gasteiger partial charge in [-0.3, -0.25) is 9.78 Å². The molecule has 1 aromatic carbocycles. The van der Waals surface area contributed by atoms with Crippen LogP contribution >= 0.6 is 0 Å². The molecule has 8 heteroatoms. The van der Waals surface area contributed by atoms with Crippen molar-refractivity contribution in [3.8, 4) is 11.1 Å². The summed E-state index contributed by atoms with van der Waals surface area (Å²) >= 11 is 0. The lowest BCUT2D eigenvalue weighted by molar-refractivity contribution is -0.146. The molecule has 1 aromatic heterocycles. The fourth-order valence-corrected chi connectivity index (χ4v) is 6.36. The number of aliphatic hydroxyl groups is 2. The van der Waals surface area contributed by atoms with E-state index in [9.17, 15) is 28.2 Å². The van der Waals surface area contributed by atoms with Crippen molar-refractivity contribution >= 4 is 12.0 Å². The van der Waals surface area contributed by atoms with Gasteiger partial charge in [0.1, 0.15) is 6.10 Å². The molecule has 0 radical (unpaired) electrons. The van der Waals surface area contributed by atoms with Crippen LogP contribution < -0.4 is 0 Å². The number of carbonyl (C=O) groups excluding carboxylic acids is 1. The molecule has 35 heavy (non-hydrogen) atoms. The van der Waals surface area contributed by atoms with Crippen molar-refractivity contribution in [2.75, 3.05) is 0 Å². The molecule has 2 N–H and O–H groups in total. The predicted molar refractivity (Wildman–Crippen MR) is 123 cm³/mol. The van der Waals surface area contributed by atoms with E-state index in [4.69, 9.17) is 4.74 Å². The van der Waals surface area contributed by atoms with Gasteiger partial charge in [-0.1, -0.05) is 24.3 Å². The van der Waals surface area contributed by atoms with Gasteiger partial charge in [0, 0.05) is 17.7 Å². The number of esters is 1. The second kappa shape index (κ2) is 9.06. The van der Waals surface area contributed by atoms with Gasteiger partial charge >= 0.3 is 12.1 Å². The second-order valence-corrected chi connectivity index (χ2v) is 10.0. The van der Waals surface area contributed by atoms with Gasteiger partial charge < -0.3 is 14.9 Å². The second-order valence-electron chi connectivity index (χ2n) is 10.0. The molecule has 8 atom stereocenters. The van der Waals surface area contributed by atoms with Crippen LogP contribution in [0.2, 0.25) is 0 Å². The van der Waals surface area contributed by atoms with Gasteiger partial charge in [-0.05, 0) is 73.8 Å². The molecule has 5 nitrogen and oxygen atoms in total. The SMILES string of the molecule is C[C@H]1OC(=O)C2CC3C(O)C(O)CCC3[C@H](C=Cc3ccc(-c4cccc(C(F)(F)F)c4)cn3)C21. The third-order valence-electron chi connectivity index (χ3n) is 8.05. The number of ether oxygens (including phenoxy) is 1. The Hall–Kier alpha value is -2.71. The van der Waals surface area contributed by atoms with E-state index in [1.54, 1.807) is 24.4 Å². The number of aromatic nitrogens is 1. The van der Waals surface area contributed by atoms with E-state index in [1.165, 1.54) is 6.07 Å². The zero-order valence-corrected chi connectivity index (χ0v) is 19.2. The molecule has 6 unspecified atom stereocenters. The van der Waals surface area contributed by atoms with E-state index in [1.807, 2.05) is 19.1 Å². The van der Waals surface area contributed by atoms with Gasteiger partial charge in [0.2, 0.25) is 0 Å². The Morgan fingerprint density at radius 1 is 1.09 bits per heavy atom. The minimum Gasteiger partial charge on any atom is -0.462 e. The summed E-state index contributed by atoms with van der Waals surface area (Å²) in [6, 6.07) is 8.63. The van der Waals surface area contributed by atoms with Gasteiger partial charge in [-0.25, -0.2) is 0 Å². The van der Waals surface area contributed by atoms with Crippen LogP contribution in [0.15, 0.2) is 48.7 Å². The molecule has 2 aliphatic carbocycles. The lowest BCUT2D eigenvalue weighted by atomic mass is 9.56. The zero-order chi connectivity index (χ0) is 24.9. The highest BCUT2D eigenvalue weighted by molar-refractivity contribution is 5.75. The number of cyclic esters (lactones) is 1. The lowest BCUT2D eigenvalue weighted by Crippen LogP contribution is -2.51. The molecule has 1 aliphatic heterocycles. The lowest BCUT2D eigenvalue weighted by Gasteiger charge is -2.48. The number of rotatable bonds is 3. The molecule has 2 heterocycles. The van der Waals surface area contributed by atoms with Gasteiger partial charge in [-0.2, -0.15) is 13.2 Å². The summed E-state index contributed by atoms with van der Waals surface area (Å²) < 4.78 is 44.7. The van der Waals surface area contributed by atoms with Crippen molar-refractivity contribution in [3.05, 3.63) is 59.9 Å². The quantitative estimate of drug-likeness (QED) is 0.613. The average Bonchev–Trinajstić information content (AvgIpc) is 3.12. The third-order valence-corrected chi connectivity index (χ3v) is 8.05. The van der Waals surface area contributed by atoms with Gasteiger partial charge in [-0.15, -0.1) is 0 Å². The van der Waals surface area contributed by atoms with Crippen molar-refractivity contribution < 1.29 is 32.9 Å². The minimum atomic E-state index is -4.41. The number of benzene rings is 1. The molecule has 0 amide bonds. The highest BCUT2D eigenvalue weighted by Crippen LogP contribution is 2.53. The van der Waals surface area contributed by atoms with Crippen LogP contribution in [0.1, 0.15) is 37.4 Å². The Kier molecular flexibility index (Phi) is 6.21. The molecule has 2 aromatic rings. The average molecular weight is 488 g/mol. The van der Waals surface area contributed by atoms with Crippen molar-refractivity contribution in [1.29, 1.82) is 0 Å². The predicted octanol–water partition coefficient (Wildman–Crippen LogP) is 4.73. The molecule has 2 saturated carbocycles. The molecular weight excluding hydrogens is 459 g/mol. The van der Waals surface area contributed by atoms with E-state index < -0.39 is 23.9 Å². The van der Waals surface area contributed by atoms with Crippen LogP contribution in [0.25, 0.3) is 17.2 Å². The number of hydrogen-bond donors (Lipinski definition) is 2. The van der Waals surface area contributed by atoms with Crippen molar-refractivity contribution in [2.24, 2.45) is 29.6 Å². The van der Waals surface area contributed by atoms with Crippen molar-refractivity contribution in [2.45, 2.75) is 50.7 Å². The largest absolute Gasteiger partial charge is 0.462 e. The first-order valence-electron chi connectivity index (χ1n) is 12.0. The Morgan fingerprint density at radius 2 is 1.89 bits per heavy atom. The minimum absolute atomic E-state index is 0.00757. The van der Waals surface area contributed by atoms with Gasteiger partial charge in [0.15, 0.2) is 0 Å². The molecule has 5 rings (SSSR count). The number of nitrogens with zero attached hydrogens (tertiary/aromatic N) is 1. The maximum Gasteiger partial charge on any atom is 0.416 e. The fourth-order valence-electron chi connectivity index (χ4n) is 6.36. The summed E-state index contributed by atoms with van der Waals surface area (Å²) in [6.45, 7) is 1.90. The summed E-state index contributed by atoms with van der Waals surface area (Å²) in [5.74, 6) is -0.637. The van der Waals surface area contributed by atoms with Crippen LogP contribution in [0.5, 0.6) is 0 Å². The number of hydrogen-bond acceptors (Lipinski definition) is 5. The summed E-state index contributed by atoms with van der Waals surface area (Å²) in [5, 5.41) is 20.8. The normalized spacial score (nSPS) is 35.0. The Balaban J connectivity index is 1.39. The number of pyridine rings is 1. The van der Waals surface area contributed by atoms with Crippen LogP contribution in [0.4, 0.5) is 13.2 Å². The van der Waals surface area contributed by atoms with Crippen LogP contribution in [-0.2, 0) is 15.7 Å². The molecule has 1 saturated heterocycles. The third kappa shape index (κ3) is 4.49. The number of halogens is 3. The van der Waals surface area contributed by atoms with E-state index >= 15 is 0 Å². The van der Waals surface area contributed by atoms with Crippen molar-refractivity contribution in [3.63, 3.8) is 0 Å². The summed E-state index contributed by atoms with van der Waals surface area (Å²) in [6.07, 6.45) is 0.947. The molecule has 0 spiro atoms. The van der Waals surface area contributed by atoms with Crippen LogP contribution in [0, 0.1) is 29.6 Å². The molecule has 3 fully saturated rings. The molecule has 3 aliphatic rings. The molecular formula is C27H28F3NO4. The monoisotopic (exact) mass is 487 g/mol. The summed E-state index contributed by atoms with van der Waals surface area (Å²) in [7, 11) is 0. The maximum atomic E-state index is 13.0. The first kappa shape index (κ1) is 24.0. The molecule has 186 valence electrons. The Morgan fingerprint density at radius 3 is 2.60 bits per heavy atom. The highest BCUT2D eigenvalue weighted by atomic mass is 19.4. The van der Waals surface area contributed by atoms with Crippen LogP contribution in [-0.4, -0.2) is 39.5 Å². The fraction of sp³-hybridized carbons (Fsp3) is 0.481. The number of alkyl halides is 3. The smallest absolute Gasteiger partial charge is 0.416 e. The summed E-state index contributed by atoms with van der Waals surface area (Å²) in [5.41, 5.74) is 0.959. The first-order chi connectivity index (χ1) is 16.6. The highest BCUT2D eigenvalue weighted by Gasteiger charge is 2.56. The van der Waals surface area contributed by atoms with Gasteiger partial charge in [0.05, 0.1) is 29.4 Å². The number of carbonyl (C=O) groups is 1. The topological polar surface area (TPSA) is 79.7 Å². The van der Waals surface area contributed by atoms with Gasteiger partial charge in [0.25, 0.3) is 0 Å². The number of allylic oxidation sites excluding steroid dienone is 1. The number of aliphatic hydroxyl groups excluding tert-OH is 2. The summed E-state index contributed by atoms with van der Waals surface area (Å²) in [4.78, 5) is 16.9.